The van der Waals surface area contributed by atoms with Crippen molar-refractivity contribution in [2.45, 2.75) is 18.4 Å². The molecule has 0 atom stereocenters. The van der Waals surface area contributed by atoms with Gasteiger partial charge in [0.15, 0.2) is 0 Å². The maximum Gasteiger partial charge on any atom is 0.245 e. The van der Waals surface area contributed by atoms with Crippen LogP contribution in [0.3, 0.4) is 0 Å². The molecule has 2 aromatic rings. The fourth-order valence-corrected chi connectivity index (χ4v) is 6.34. The monoisotopic (exact) mass is 389 g/mol. The lowest BCUT2D eigenvalue weighted by Gasteiger charge is -2.19. The molecule has 0 radical (unpaired) electrons. The molecule has 2 heterocycles. The molecule has 0 unspecified atom stereocenters. The number of hydrogen-bond donors (Lipinski definition) is 0. The van der Waals surface area contributed by atoms with E-state index in [4.69, 9.17) is 34.8 Å². The van der Waals surface area contributed by atoms with Crippen molar-refractivity contribution in [3.8, 4) is 0 Å². The zero-order chi connectivity index (χ0) is 14.9. The van der Waals surface area contributed by atoms with E-state index in [2.05, 4.69) is 0 Å². The molecule has 0 aliphatic carbocycles. The summed E-state index contributed by atoms with van der Waals surface area (Å²) in [4.78, 5) is 0.927. The summed E-state index contributed by atoms with van der Waals surface area (Å²) in [6.07, 6.45) is 0. The number of rotatable bonds is 5. The number of sulfonamides is 1. The Kier molecular flexibility index (Phi) is 5.40. The zero-order valence-electron chi connectivity index (χ0n) is 10.3. The van der Waals surface area contributed by atoms with Crippen LogP contribution < -0.4 is 0 Å². The van der Waals surface area contributed by atoms with Crippen LogP contribution in [0.1, 0.15) is 11.8 Å². The van der Waals surface area contributed by atoms with Gasteiger partial charge in [0, 0.05) is 18.0 Å². The van der Waals surface area contributed by atoms with E-state index in [0.29, 0.717) is 15.2 Å². The van der Waals surface area contributed by atoms with Gasteiger partial charge >= 0.3 is 0 Å². The highest BCUT2D eigenvalue weighted by molar-refractivity contribution is 7.89. The smallest absolute Gasteiger partial charge is 0.207 e. The lowest BCUT2D eigenvalue weighted by atomic mass is 10.4. The van der Waals surface area contributed by atoms with Crippen molar-refractivity contribution in [2.75, 3.05) is 6.54 Å². The van der Waals surface area contributed by atoms with Gasteiger partial charge in [-0.05, 0) is 18.2 Å². The number of thiophene rings is 2. The first kappa shape index (κ1) is 16.5. The van der Waals surface area contributed by atoms with Gasteiger partial charge in [0.1, 0.15) is 9.23 Å². The molecule has 0 N–H and O–H groups in total. The normalized spacial score (nSPS) is 12.2. The van der Waals surface area contributed by atoms with Crippen molar-refractivity contribution in [2.24, 2.45) is 0 Å². The van der Waals surface area contributed by atoms with Crippen LogP contribution in [0, 0.1) is 0 Å². The summed E-state index contributed by atoms with van der Waals surface area (Å²) in [6, 6.07) is 4.94. The Morgan fingerprint density at radius 2 is 1.85 bits per heavy atom. The standard InChI is InChI=1S/C11H10Cl3NO2S3/c1-2-15(6-7-3-4-9(12)18-7)20(16,17)8-5-10(13)19-11(8)14/h3-5H,2,6H2,1H3. The predicted molar refractivity (Wildman–Crippen MR) is 86.9 cm³/mol. The first-order valence-electron chi connectivity index (χ1n) is 5.53. The van der Waals surface area contributed by atoms with E-state index in [9.17, 15) is 8.42 Å². The van der Waals surface area contributed by atoms with Crippen molar-refractivity contribution in [3.63, 3.8) is 0 Å². The third-order valence-corrected chi connectivity index (χ3v) is 7.45. The number of nitrogens with zero attached hydrogens (tertiary/aromatic N) is 1. The molecule has 0 aliphatic heterocycles. The second-order valence-electron chi connectivity index (χ2n) is 3.83. The van der Waals surface area contributed by atoms with Crippen molar-refractivity contribution < 1.29 is 8.42 Å². The van der Waals surface area contributed by atoms with Gasteiger partial charge < -0.3 is 0 Å². The number of hydrogen-bond acceptors (Lipinski definition) is 4. The Morgan fingerprint density at radius 3 is 2.30 bits per heavy atom. The third kappa shape index (κ3) is 3.50. The minimum atomic E-state index is -3.66. The van der Waals surface area contributed by atoms with E-state index in [1.165, 1.54) is 21.7 Å². The van der Waals surface area contributed by atoms with Gasteiger partial charge in [-0.25, -0.2) is 8.42 Å². The van der Waals surface area contributed by atoms with Crippen molar-refractivity contribution in [1.29, 1.82) is 0 Å². The van der Waals surface area contributed by atoms with Crippen LogP contribution >= 0.6 is 57.5 Å². The van der Waals surface area contributed by atoms with Crippen LogP contribution in [-0.4, -0.2) is 19.3 Å². The molecular formula is C11H10Cl3NO2S3. The van der Waals surface area contributed by atoms with Gasteiger partial charge in [-0.15, -0.1) is 22.7 Å². The maximum absolute atomic E-state index is 12.6. The molecule has 9 heteroatoms. The quantitative estimate of drug-likeness (QED) is 0.722. The second kappa shape index (κ2) is 6.52. The Morgan fingerprint density at radius 1 is 1.15 bits per heavy atom. The first-order chi connectivity index (χ1) is 9.34. The Bertz CT molecular complexity index is 708. The van der Waals surface area contributed by atoms with E-state index < -0.39 is 10.0 Å². The SMILES string of the molecule is CCN(Cc1ccc(Cl)s1)S(=O)(=O)c1cc(Cl)sc1Cl. The van der Waals surface area contributed by atoms with E-state index in [0.717, 1.165) is 16.2 Å². The van der Waals surface area contributed by atoms with E-state index in [-0.39, 0.29) is 15.8 Å². The minimum absolute atomic E-state index is 0.0543. The van der Waals surface area contributed by atoms with Gasteiger partial charge in [0.05, 0.1) is 8.67 Å². The summed E-state index contributed by atoms with van der Waals surface area (Å²) in [5.41, 5.74) is 0. The topological polar surface area (TPSA) is 37.4 Å². The lowest BCUT2D eigenvalue weighted by molar-refractivity contribution is 0.426. The van der Waals surface area contributed by atoms with Crippen LogP contribution in [0.15, 0.2) is 23.1 Å². The fraction of sp³-hybridized carbons (Fsp3) is 0.273. The molecule has 2 rings (SSSR count). The van der Waals surface area contributed by atoms with Crippen molar-refractivity contribution in [3.05, 3.63) is 36.1 Å². The van der Waals surface area contributed by atoms with Gasteiger partial charge in [-0.1, -0.05) is 41.7 Å². The maximum atomic E-state index is 12.6. The molecule has 0 spiro atoms. The van der Waals surface area contributed by atoms with Crippen LogP contribution in [-0.2, 0) is 16.6 Å². The Hall–Kier alpha value is 0.180. The summed E-state index contributed by atoms with van der Waals surface area (Å²) in [5.74, 6) is 0. The van der Waals surface area contributed by atoms with Gasteiger partial charge in [0.25, 0.3) is 0 Å². The summed E-state index contributed by atoms with van der Waals surface area (Å²) >= 11 is 20.0. The first-order valence-corrected chi connectivity index (χ1v) is 9.74. The van der Waals surface area contributed by atoms with Crippen LogP contribution in [0.4, 0.5) is 0 Å². The average Bonchev–Trinajstić information content (AvgIpc) is 2.92. The van der Waals surface area contributed by atoms with Crippen LogP contribution in [0.5, 0.6) is 0 Å². The fourth-order valence-electron chi connectivity index (χ4n) is 1.62. The van der Waals surface area contributed by atoms with E-state index in [1.54, 1.807) is 13.0 Å². The van der Waals surface area contributed by atoms with Crippen molar-refractivity contribution in [1.82, 2.24) is 4.31 Å². The van der Waals surface area contributed by atoms with Crippen LogP contribution in [0.2, 0.25) is 13.0 Å². The summed E-state index contributed by atoms with van der Waals surface area (Å²) in [5, 5.41) is 0. The molecule has 0 saturated carbocycles. The molecule has 2 aromatic heterocycles. The molecule has 0 bridgehead atoms. The molecule has 110 valence electrons. The van der Waals surface area contributed by atoms with Crippen LogP contribution in [0.25, 0.3) is 0 Å². The van der Waals surface area contributed by atoms with Crippen molar-refractivity contribution >= 4 is 67.5 Å². The summed E-state index contributed by atoms with van der Waals surface area (Å²) < 4.78 is 27.6. The lowest BCUT2D eigenvalue weighted by Crippen LogP contribution is -2.30. The molecule has 20 heavy (non-hydrogen) atoms. The van der Waals surface area contributed by atoms with Gasteiger partial charge in [-0.3, -0.25) is 0 Å². The molecule has 0 saturated heterocycles. The molecule has 3 nitrogen and oxygen atoms in total. The summed E-state index contributed by atoms with van der Waals surface area (Å²) in [6.45, 7) is 2.37. The molecule has 0 aliphatic rings. The highest BCUT2D eigenvalue weighted by atomic mass is 35.5. The summed E-state index contributed by atoms with van der Waals surface area (Å²) in [7, 11) is -3.66. The van der Waals surface area contributed by atoms with Gasteiger partial charge in [0.2, 0.25) is 10.0 Å². The largest absolute Gasteiger partial charge is 0.245 e. The van der Waals surface area contributed by atoms with E-state index >= 15 is 0 Å². The molecule has 0 amide bonds. The molecular weight excluding hydrogens is 381 g/mol. The predicted octanol–water partition coefficient (Wildman–Crippen LogP) is 4.98. The highest BCUT2D eigenvalue weighted by Crippen LogP contribution is 2.36. The second-order valence-corrected chi connectivity index (χ2v) is 9.82. The third-order valence-electron chi connectivity index (χ3n) is 2.56. The Balaban J connectivity index is 2.32. The molecule has 0 aromatic carbocycles. The van der Waals surface area contributed by atoms with Gasteiger partial charge in [-0.2, -0.15) is 4.31 Å². The Labute approximate surface area is 140 Å². The van der Waals surface area contributed by atoms with E-state index in [1.807, 2.05) is 6.07 Å². The number of halogens is 3. The highest BCUT2D eigenvalue weighted by Gasteiger charge is 2.28. The molecule has 0 fully saturated rings. The minimum Gasteiger partial charge on any atom is -0.207 e. The average molecular weight is 391 g/mol. The zero-order valence-corrected chi connectivity index (χ0v) is 15.0.